The van der Waals surface area contributed by atoms with Crippen LogP contribution in [0.2, 0.25) is 0 Å². The lowest BCUT2D eigenvalue weighted by Gasteiger charge is -2.31. The van der Waals surface area contributed by atoms with Gasteiger partial charge < -0.3 is 16.0 Å². The summed E-state index contributed by atoms with van der Waals surface area (Å²) >= 11 is 0. The monoisotopic (exact) mass is 572 g/mol. The molecular formula is C24H37IN4O2S. The fraction of sp³-hybridized carbons (Fsp3) is 0.458. The van der Waals surface area contributed by atoms with Gasteiger partial charge in [-0.15, -0.1) is 24.0 Å². The van der Waals surface area contributed by atoms with Gasteiger partial charge in [-0.1, -0.05) is 42.5 Å². The van der Waals surface area contributed by atoms with Crippen molar-refractivity contribution in [3.05, 3.63) is 65.2 Å². The van der Waals surface area contributed by atoms with Gasteiger partial charge in [0.15, 0.2) is 15.8 Å². The number of nitrogens with one attached hydrogen (secondary N) is 3. The molecule has 0 saturated heterocycles. The summed E-state index contributed by atoms with van der Waals surface area (Å²) in [5, 5.41) is 10.4. The molecule has 0 aliphatic carbocycles. The van der Waals surface area contributed by atoms with Crippen LogP contribution in [0.25, 0.3) is 0 Å². The number of hydrogen-bond acceptors (Lipinski definition) is 4. The Balaban J connectivity index is 0.00000512. The van der Waals surface area contributed by atoms with Crippen molar-refractivity contribution in [1.82, 2.24) is 16.0 Å². The number of aryl methyl sites for hydroxylation is 1. The molecule has 8 heteroatoms. The van der Waals surface area contributed by atoms with Crippen LogP contribution in [0.5, 0.6) is 0 Å². The van der Waals surface area contributed by atoms with E-state index in [-0.39, 0.29) is 35.6 Å². The molecule has 0 aliphatic rings. The summed E-state index contributed by atoms with van der Waals surface area (Å²) in [6.45, 7) is 12.3. The van der Waals surface area contributed by atoms with Crippen LogP contribution in [0.4, 0.5) is 0 Å². The van der Waals surface area contributed by atoms with Crippen molar-refractivity contribution in [1.29, 1.82) is 0 Å². The predicted molar refractivity (Wildman–Crippen MR) is 145 cm³/mol. The third kappa shape index (κ3) is 9.07. The van der Waals surface area contributed by atoms with Gasteiger partial charge in [0.2, 0.25) is 0 Å². The molecule has 32 heavy (non-hydrogen) atoms. The molecule has 0 aromatic heterocycles. The first-order valence-corrected chi connectivity index (χ1v) is 12.6. The van der Waals surface area contributed by atoms with Gasteiger partial charge in [-0.25, -0.2) is 13.4 Å². The molecule has 178 valence electrons. The Bertz CT molecular complexity index is 992. The zero-order valence-corrected chi connectivity index (χ0v) is 23.0. The van der Waals surface area contributed by atoms with E-state index in [0.29, 0.717) is 18.0 Å². The summed E-state index contributed by atoms with van der Waals surface area (Å²) in [5.74, 6) is 0.731. The smallest absolute Gasteiger partial charge is 0.191 e. The zero-order chi connectivity index (χ0) is 23.1. The normalized spacial score (nSPS) is 13.2. The standard InChI is InChI=1S/C24H36N4O2S.HI/c1-7-25-23(26-16-20-13-14-22(18(2)15-20)31(6,29)30)27-17-24(4,5)28-19(3)21-11-9-8-10-12-21;/h8-15,19,28H,7,16-17H2,1-6H3,(H2,25,26,27);1H. The summed E-state index contributed by atoms with van der Waals surface area (Å²) in [5.41, 5.74) is 2.81. The number of sulfone groups is 1. The molecule has 0 saturated carbocycles. The van der Waals surface area contributed by atoms with E-state index >= 15 is 0 Å². The van der Waals surface area contributed by atoms with Crippen molar-refractivity contribution >= 4 is 39.8 Å². The van der Waals surface area contributed by atoms with E-state index in [1.54, 1.807) is 6.07 Å². The third-order valence-electron chi connectivity index (χ3n) is 5.01. The van der Waals surface area contributed by atoms with Gasteiger partial charge in [-0.05, 0) is 57.4 Å². The van der Waals surface area contributed by atoms with Crippen molar-refractivity contribution in [3.63, 3.8) is 0 Å². The first kappa shape index (κ1) is 28.4. The number of aliphatic imine (C=N–C) groups is 1. The van der Waals surface area contributed by atoms with Crippen molar-refractivity contribution in [3.8, 4) is 0 Å². The van der Waals surface area contributed by atoms with E-state index in [4.69, 9.17) is 0 Å². The lowest BCUT2D eigenvalue weighted by molar-refractivity contribution is 0.345. The maximum atomic E-state index is 11.8. The third-order valence-corrected chi connectivity index (χ3v) is 6.26. The summed E-state index contributed by atoms with van der Waals surface area (Å²) in [4.78, 5) is 5.04. The second-order valence-electron chi connectivity index (χ2n) is 8.58. The molecule has 0 amide bonds. The highest BCUT2D eigenvalue weighted by Gasteiger charge is 2.21. The number of guanidine groups is 1. The van der Waals surface area contributed by atoms with E-state index in [2.05, 4.69) is 66.0 Å². The maximum absolute atomic E-state index is 11.8. The fourth-order valence-electron chi connectivity index (χ4n) is 3.50. The molecule has 0 radical (unpaired) electrons. The molecule has 0 spiro atoms. The summed E-state index contributed by atoms with van der Waals surface area (Å²) in [6, 6.07) is 16.0. The lowest BCUT2D eigenvalue weighted by atomic mass is 10.0. The van der Waals surface area contributed by atoms with Crippen molar-refractivity contribution < 1.29 is 8.42 Å². The second-order valence-corrected chi connectivity index (χ2v) is 10.6. The molecule has 6 nitrogen and oxygen atoms in total. The number of benzene rings is 2. The van der Waals surface area contributed by atoms with Crippen LogP contribution in [0.15, 0.2) is 58.4 Å². The summed E-state index contributed by atoms with van der Waals surface area (Å²) in [6.07, 6.45) is 1.23. The summed E-state index contributed by atoms with van der Waals surface area (Å²) < 4.78 is 23.6. The minimum atomic E-state index is -3.21. The average molecular weight is 573 g/mol. The number of nitrogens with zero attached hydrogens (tertiary/aromatic N) is 1. The number of hydrogen-bond donors (Lipinski definition) is 3. The summed E-state index contributed by atoms with van der Waals surface area (Å²) in [7, 11) is -3.21. The molecule has 0 fully saturated rings. The first-order valence-electron chi connectivity index (χ1n) is 10.7. The van der Waals surface area contributed by atoms with Gasteiger partial charge in [0.25, 0.3) is 0 Å². The Hall–Kier alpha value is -1.65. The second kappa shape index (κ2) is 12.6. The zero-order valence-electron chi connectivity index (χ0n) is 19.9. The number of halogens is 1. The highest BCUT2D eigenvalue weighted by Crippen LogP contribution is 2.18. The predicted octanol–water partition coefficient (Wildman–Crippen LogP) is 4.20. The molecule has 3 N–H and O–H groups in total. The van der Waals surface area contributed by atoms with E-state index in [9.17, 15) is 8.42 Å². The lowest BCUT2D eigenvalue weighted by Crippen LogP contribution is -2.52. The minimum absolute atomic E-state index is 0. The van der Waals surface area contributed by atoms with E-state index < -0.39 is 9.84 Å². The first-order chi connectivity index (χ1) is 14.5. The topological polar surface area (TPSA) is 82.6 Å². The molecule has 0 bridgehead atoms. The van der Waals surface area contributed by atoms with Crippen LogP contribution in [0.1, 0.15) is 50.4 Å². The Morgan fingerprint density at radius 3 is 2.31 bits per heavy atom. The molecule has 2 aromatic carbocycles. The highest BCUT2D eigenvalue weighted by molar-refractivity contribution is 14.0. The van der Waals surface area contributed by atoms with Gasteiger partial charge >= 0.3 is 0 Å². The average Bonchev–Trinajstić information content (AvgIpc) is 2.69. The number of rotatable bonds is 9. The Morgan fingerprint density at radius 2 is 1.75 bits per heavy atom. The van der Waals surface area contributed by atoms with Crippen LogP contribution in [0, 0.1) is 6.92 Å². The molecule has 0 aliphatic heterocycles. The molecule has 1 atom stereocenters. The van der Waals surface area contributed by atoms with Crippen LogP contribution in [-0.2, 0) is 16.4 Å². The largest absolute Gasteiger partial charge is 0.357 e. The Morgan fingerprint density at radius 1 is 1.09 bits per heavy atom. The van der Waals surface area contributed by atoms with Crippen LogP contribution >= 0.6 is 24.0 Å². The van der Waals surface area contributed by atoms with Gasteiger partial charge in [-0.2, -0.15) is 0 Å². The van der Waals surface area contributed by atoms with Gasteiger partial charge in [0.05, 0.1) is 11.4 Å². The van der Waals surface area contributed by atoms with Crippen molar-refractivity contribution in [2.45, 2.75) is 57.6 Å². The maximum Gasteiger partial charge on any atom is 0.191 e. The van der Waals surface area contributed by atoms with Crippen LogP contribution in [-0.4, -0.2) is 39.3 Å². The molecule has 1 unspecified atom stereocenters. The van der Waals surface area contributed by atoms with Crippen LogP contribution < -0.4 is 16.0 Å². The van der Waals surface area contributed by atoms with Crippen molar-refractivity contribution in [2.75, 3.05) is 19.3 Å². The SMILES string of the molecule is CCNC(=NCc1ccc(S(C)(=O)=O)c(C)c1)NCC(C)(C)NC(C)c1ccccc1.I. The van der Waals surface area contributed by atoms with Gasteiger partial charge in [-0.3, -0.25) is 0 Å². The molecule has 2 rings (SSSR count). The minimum Gasteiger partial charge on any atom is -0.357 e. The van der Waals surface area contributed by atoms with Gasteiger partial charge in [0.1, 0.15) is 0 Å². The molecule has 0 heterocycles. The highest BCUT2D eigenvalue weighted by atomic mass is 127. The fourth-order valence-corrected chi connectivity index (χ4v) is 4.46. The van der Waals surface area contributed by atoms with E-state index in [0.717, 1.165) is 23.6 Å². The quantitative estimate of drug-likeness (QED) is 0.239. The van der Waals surface area contributed by atoms with Crippen LogP contribution in [0.3, 0.4) is 0 Å². The molecular weight excluding hydrogens is 535 g/mol. The van der Waals surface area contributed by atoms with Crippen molar-refractivity contribution in [2.24, 2.45) is 4.99 Å². The van der Waals surface area contributed by atoms with E-state index in [1.165, 1.54) is 11.8 Å². The molecule has 2 aromatic rings. The Labute approximate surface area is 210 Å². The van der Waals surface area contributed by atoms with E-state index in [1.807, 2.05) is 32.0 Å². The Kier molecular flexibility index (Phi) is 11.1. The van der Waals surface area contributed by atoms with Gasteiger partial charge in [0, 0.05) is 30.9 Å².